The zero-order valence-electron chi connectivity index (χ0n) is 24.3. The van der Waals surface area contributed by atoms with E-state index in [4.69, 9.17) is 14.7 Å². The van der Waals surface area contributed by atoms with Gasteiger partial charge in [0.1, 0.15) is 12.2 Å². The van der Waals surface area contributed by atoms with Crippen molar-refractivity contribution in [1.29, 1.82) is 0 Å². The Hall–Kier alpha value is -4.24. The number of anilines is 2. The van der Waals surface area contributed by atoms with Crippen LogP contribution >= 0.6 is 0 Å². The van der Waals surface area contributed by atoms with E-state index in [0.29, 0.717) is 42.1 Å². The maximum atomic E-state index is 11.1. The summed E-state index contributed by atoms with van der Waals surface area (Å²) in [6.45, 7) is 4.54. The van der Waals surface area contributed by atoms with Crippen molar-refractivity contribution in [3.8, 4) is 0 Å². The Balaban J connectivity index is 1.25. The summed E-state index contributed by atoms with van der Waals surface area (Å²) >= 11 is 0. The number of rotatable bonds is 8. The lowest BCUT2D eigenvalue weighted by atomic mass is 10.0. The average molecular weight is 586 g/mol. The molecular weight excluding hydrogens is 550 g/mol. The van der Waals surface area contributed by atoms with E-state index in [2.05, 4.69) is 79.9 Å². The number of hydrogen-bond acceptors (Lipinski definition) is 12. The maximum Gasteiger partial charge on any atom is 0.229 e. The van der Waals surface area contributed by atoms with Gasteiger partial charge in [-0.3, -0.25) is 4.57 Å². The molecule has 2 aliphatic heterocycles. The Morgan fingerprint density at radius 3 is 2.70 bits per heavy atom. The number of likely N-dealkylation sites (N-methyl/N-ethyl adjacent to an activating group) is 1. The fraction of sp³-hybridized carbons (Fsp3) is 0.448. The molecule has 0 amide bonds. The van der Waals surface area contributed by atoms with Crippen LogP contribution in [-0.2, 0) is 17.8 Å². The normalized spacial score (nSPS) is 24.1. The molecule has 224 valence electrons. The topological polar surface area (TPSA) is 155 Å². The van der Waals surface area contributed by atoms with Gasteiger partial charge >= 0.3 is 0 Å². The zero-order valence-corrected chi connectivity index (χ0v) is 24.3. The number of fused-ring (bicyclic) bond motifs is 2. The molecular formula is C29H35N11O3. The van der Waals surface area contributed by atoms with Crippen LogP contribution in [0.15, 0.2) is 48.8 Å². The van der Waals surface area contributed by atoms with Crippen molar-refractivity contribution in [2.24, 2.45) is 0 Å². The number of ether oxygens (including phenoxy) is 1. The van der Waals surface area contributed by atoms with Crippen molar-refractivity contribution in [2.45, 2.75) is 57.0 Å². The van der Waals surface area contributed by atoms with Gasteiger partial charge in [-0.05, 0) is 49.0 Å². The van der Waals surface area contributed by atoms with Crippen molar-refractivity contribution in [3.63, 3.8) is 0 Å². The number of imidazole rings is 1. The molecule has 0 aliphatic carbocycles. The van der Waals surface area contributed by atoms with Crippen molar-refractivity contribution in [3.05, 3.63) is 60.2 Å². The standard InChI is InChI=1S/C29H35N11O3/c1-4-40-35-26(34-36-40)24-22(41)23(42)28(43-24)39-16-31-21-25(30-14-18-10-7-9-17-8-5-6-11-20(17)18)32-29(33-27(21)39)38-13-12-19(15-38)37(2)3/h5-11,16,19,22-24,28,41-42H,4,12-15H2,1-3H3,(H,30,32,33)/t19-,22-,23+,24-,28+/m0/s1. The summed E-state index contributed by atoms with van der Waals surface area (Å²) in [5, 5.41) is 40.1. The van der Waals surface area contributed by atoms with Crippen LogP contribution in [0, 0.1) is 0 Å². The molecule has 43 heavy (non-hydrogen) atoms. The van der Waals surface area contributed by atoms with Crippen molar-refractivity contribution in [1.82, 2.24) is 44.6 Å². The molecule has 0 unspecified atom stereocenters. The third kappa shape index (κ3) is 4.95. The van der Waals surface area contributed by atoms with Crippen molar-refractivity contribution < 1.29 is 14.9 Å². The lowest BCUT2D eigenvalue weighted by molar-refractivity contribution is -0.0384. The summed E-state index contributed by atoms with van der Waals surface area (Å²) in [5.41, 5.74) is 2.16. The van der Waals surface area contributed by atoms with E-state index in [0.717, 1.165) is 30.5 Å². The Morgan fingerprint density at radius 1 is 1.07 bits per heavy atom. The molecule has 0 bridgehead atoms. The predicted octanol–water partition coefficient (Wildman–Crippen LogP) is 1.73. The van der Waals surface area contributed by atoms with Crippen LogP contribution in [0.4, 0.5) is 11.8 Å². The van der Waals surface area contributed by atoms with Gasteiger partial charge in [0.05, 0.1) is 12.9 Å². The van der Waals surface area contributed by atoms with E-state index < -0.39 is 24.5 Å². The van der Waals surface area contributed by atoms with Crippen LogP contribution in [0.5, 0.6) is 0 Å². The van der Waals surface area contributed by atoms with Gasteiger partial charge < -0.3 is 30.1 Å². The quantitative estimate of drug-likeness (QED) is 0.243. The minimum absolute atomic E-state index is 0.208. The Labute approximate surface area is 247 Å². The fourth-order valence-electron chi connectivity index (χ4n) is 5.93. The number of nitrogens with zero attached hydrogens (tertiary/aromatic N) is 10. The minimum atomic E-state index is -1.27. The van der Waals surface area contributed by atoms with Gasteiger partial charge in [0.15, 0.2) is 29.3 Å². The minimum Gasteiger partial charge on any atom is -0.387 e. The van der Waals surface area contributed by atoms with Crippen LogP contribution < -0.4 is 10.2 Å². The third-order valence-corrected chi connectivity index (χ3v) is 8.43. The first kappa shape index (κ1) is 27.6. The average Bonchev–Trinajstić information content (AvgIpc) is 3.83. The Bertz CT molecular complexity index is 1750. The molecule has 3 aromatic heterocycles. The number of benzene rings is 2. The van der Waals surface area contributed by atoms with Crippen LogP contribution in [0.2, 0.25) is 0 Å². The number of aromatic nitrogens is 8. The highest BCUT2D eigenvalue weighted by atomic mass is 16.6. The van der Waals surface area contributed by atoms with Gasteiger partial charge in [-0.15, -0.1) is 10.2 Å². The molecule has 0 saturated carbocycles. The first-order valence-corrected chi connectivity index (χ1v) is 14.6. The van der Waals surface area contributed by atoms with Gasteiger partial charge in [0, 0.05) is 25.7 Å². The summed E-state index contributed by atoms with van der Waals surface area (Å²) in [5.74, 6) is 1.35. The van der Waals surface area contributed by atoms with Crippen molar-refractivity contribution in [2.75, 3.05) is 37.4 Å². The molecule has 14 nitrogen and oxygen atoms in total. The molecule has 5 heterocycles. The molecule has 2 aromatic carbocycles. The van der Waals surface area contributed by atoms with Crippen LogP contribution in [0.3, 0.4) is 0 Å². The largest absolute Gasteiger partial charge is 0.387 e. The van der Waals surface area contributed by atoms with Crippen molar-refractivity contribution >= 4 is 33.7 Å². The third-order valence-electron chi connectivity index (χ3n) is 8.43. The molecule has 7 rings (SSSR count). The molecule has 5 aromatic rings. The maximum absolute atomic E-state index is 11.1. The van der Waals surface area contributed by atoms with Gasteiger partial charge in [0.25, 0.3) is 0 Å². The lowest BCUT2D eigenvalue weighted by Crippen LogP contribution is -2.32. The molecule has 2 aliphatic rings. The SMILES string of the molecule is CCn1nnc([C@H]2O[C@@H](n3cnc4c(NCc5cccc6ccccc56)nc(N5CC[C@H](N(C)C)C5)nc43)[C@H](O)[C@@H]2O)n1. The highest BCUT2D eigenvalue weighted by Gasteiger charge is 2.47. The van der Waals surface area contributed by atoms with Crippen LogP contribution in [-0.4, -0.2) is 100 Å². The molecule has 0 radical (unpaired) electrons. The molecule has 3 N–H and O–H groups in total. The smallest absolute Gasteiger partial charge is 0.229 e. The van der Waals surface area contributed by atoms with E-state index in [1.165, 1.54) is 10.2 Å². The number of hydrogen-bond donors (Lipinski definition) is 3. The highest BCUT2D eigenvalue weighted by molar-refractivity contribution is 5.87. The van der Waals surface area contributed by atoms with Gasteiger partial charge in [-0.1, -0.05) is 42.5 Å². The molecule has 14 heteroatoms. The number of aliphatic hydroxyl groups is 2. The number of aliphatic hydroxyl groups excluding tert-OH is 2. The molecule has 0 spiro atoms. The summed E-state index contributed by atoms with van der Waals surface area (Å²) in [6, 6.07) is 14.9. The van der Waals surface area contributed by atoms with Crippen LogP contribution in [0.25, 0.3) is 21.9 Å². The zero-order chi connectivity index (χ0) is 29.7. The van der Waals surface area contributed by atoms with E-state index in [9.17, 15) is 10.2 Å². The first-order valence-electron chi connectivity index (χ1n) is 14.6. The Kier molecular flexibility index (Phi) is 7.13. The van der Waals surface area contributed by atoms with E-state index in [-0.39, 0.29) is 5.82 Å². The van der Waals surface area contributed by atoms with Crippen LogP contribution in [0.1, 0.15) is 37.1 Å². The van der Waals surface area contributed by atoms with Gasteiger partial charge in [0.2, 0.25) is 11.8 Å². The van der Waals surface area contributed by atoms with E-state index in [1.807, 2.05) is 19.1 Å². The first-order chi connectivity index (χ1) is 20.9. The summed E-state index contributed by atoms with van der Waals surface area (Å²) in [4.78, 5) is 20.3. The second-order valence-electron chi connectivity index (χ2n) is 11.3. The second kappa shape index (κ2) is 11.1. The monoisotopic (exact) mass is 585 g/mol. The van der Waals surface area contributed by atoms with Gasteiger partial charge in [-0.25, -0.2) is 4.98 Å². The van der Waals surface area contributed by atoms with Gasteiger partial charge in [-0.2, -0.15) is 14.8 Å². The lowest BCUT2D eigenvalue weighted by Gasteiger charge is -2.22. The summed E-state index contributed by atoms with van der Waals surface area (Å²) in [7, 11) is 4.16. The fourth-order valence-corrected chi connectivity index (χ4v) is 5.93. The van der Waals surface area contributed by atoms with E-state index in [1.54, 1.807) is 10.9 Å². The van der Waals surface area contributed by atoms with E-state index >= 15 is 0 Å². The second-order valence-corrected chi connectivity index (χ2v) is 11.3. The number of nitrogens with one attached hydrogen (secondary N) is 1. The summed E-state index contributed by atoms with van der Waals surface area (Å²) < 4.78 is 7.81. The molecule has 5 atom stereocenters. The highest BCUT2D eigenvalue weighted by Crippen LogP contribution is 2.39. The number of aryl methyl sites for hydroxylation is 1. The summed E-state index contributed by atoms with van der Waals surface area (Å²) in [6.07, 6.45) is -1.90. The molecule has 2 fully saturated rings. The number of tetrazole rings is 1. The predicted molar refractivity (Wildman–Crippen MR) is 159 cm³/mol. The Morgan fingerprint density at radius 2 is 1.91 bits per heavy atom. The molecule has 2 saturated heterocycles.